The van der Waals surface area contributed by atoms with E-state index < -0.39 is 5.60 Å². The standard InChI is InChI=1S/C21H29N3O2/c1-15-7-8-19(26-3)16(11-15)12-24-13-17-5-4-6-18(14-24)21(17,25)20-22-9-10-23(20)2/h7-11,17-18,25H,4-6,12-14H2,1-3H3/t17-,18-/m0/s1. The molecule has 2 atom stereocenters. The number of hydrogen-bond acceptors (Lipinski definition) is 4. The van der Waals surface area contributed by atoms with Crippen molar-refractivity contribution in [3.63, 3.8) is 0 Å². The largest absolute Gasteiger partial charge is 0.496 e. The van der Waals surface area contributed by atoms with E-state index in [9.17, 15) is 5.11 Å². The van der Waals surface area contributed by atoms with Crippen LogP contribution >= 0.6 is 0 Å². The number of benzene rings is 1. The van der Waals surface area contributed by atoms with Gasteiger partial charge in [-0.05, 0) is 25.8 Å². The van der Waals surface area contributed by atoms with Crippen molar-refractivity contribution in [2.75, 3.05) is 20.2 Å². The quantitative estimate of drug-likeness (QED) is 0.916. The molecule has 140 valence electrons. The summed E-state index contributed by atoms with van der Waals surface area (Å²) in [5, 5.41) is 11.7. The van der Waals surface area contributed by atoms with Crippen molar-refractivity contribution in [2.45, 2.75) is 38.3 Å². The molecule has 5 nitrogen and oxygen atoms in total. The molecule has 1 aliphatic carbocycles. The van der Waals surface area contributed by atoms with Crippen molar-refractivity contribution in [3.8, 4) is 5.75 Å². The summed E-state index contributed by atoms with van der Waals surface area (Å²) in [5.41, 5.74) is 1.68. The van der Waals surface area contributed by atoms with Gasteiger partial charge in [0.25, 0.3) is 0 Å². The van der Waals surface area contributed by atoms with Crippen molar-refractivity contribution in [1.82, 2.24) is 14.5 Å². The van der Waals surface area contributed by atoms with Crippen LogP contribution in [0.15, 0.2) is 30.6 Å². The molecule has 0 amide bonds. The van der Waals surface area contributed by atoms with Gasteiger partial charge >= 0.3 is 0 Å². The van der Waals surface area contributed by atoms with Gasteiger partial charge < -0.3 is 14.4 Å². The number of rotatable bonds is 4. The highest BCUT2D eigenvalue weighted by molar-refractivity contribution is 5.37. The number of piperidine rings is 1. The fourth-order valence-corrected chi connectivity index (χ4v) is 5.06. The van der Waals surface area contributed by atoms with Gasteiger partial charge in [0.05, 0.1) is 7.11 Å². The summed E-state index contributed by atoms with van der Waals surface area (Å²) in [6, 6.07) is 6.36. The number of methoxy groups -OCH3 is 1. The maximum Gasteiger partial charge on any atom is 0.141 e. The molecule has 4 rings (SSSR count). The zero-order valence-electron chi connectivity index (χ0n) is 16.0. The van der Waals surface area contributed by atoms with Crippen LogP contribution in [0.5, 0.6) is 5.75 Å². The van der Waals surface area contributed by atoms with Crippen molar-refractivity contribution in [3.05, 3.63) is 47.5 Å². The van der Waals surface area contributed by atoms with Gasteiger partial charge in [0.15, 0.2) is 0 Å². The molecule has 2 bridgehead atoms. The molecule has 2 fully saturated rings. The Balaban J connectivity index is 1.59. The number of likely N-dealkylation sites (tertiary alicyclic amines) is 1. The minimum absolute atomic E-state index is 0.229. The van der Waals surface area contributed by atoms with E-state index in [4.69, 9.17) is 4.74 Å². The van der Waals surface area contributed by atoms with Gasteiger partial charge in [-0.25, -0.2) is 4.98 Å². The number of imidazole rings is 1. The molecule has 1 saturated carbocycles. The first kappa shape index (κ1) is 17.6. The van der Waals surface area contributed by atoms with Crippen LogP contribution in [-0.2, 0) is 19.2 Å². The number of hydrogen-bond donors (Lipinski definition) is 1. The molecule has 1 N–H and O–H groups in total. The fraction of sp³-hybridized carbons (Fsp3) is 0.571. The molecule has 2 heterocycles. The lowest BCUT2D eigenvalue weighted by Crippen LogP contribution is -2.58. The van der Waals surface area contributed by atoms with E-state index in [1.165, 1.54) is 17.5 Å². The van der Waals surface area contributed by atoms with Gasteiger partial charge in [-0.3, -0.25) is 4.90 Å². The predicted molar refractivity (Wildman–Crippen MR) is 101 cm³/mol. The molecule has 0 radical (unpaired) electrons. The van der Waals surface area contributed by atoms with Crippen molar-refractivity contribution >= 4 is 0 Å². The molecule has 5 heteroatoms. The first-order chi connectivity index (χ1) is 12.5. The fourth-order valence-electron chi connectivity index (χ4n) is 5.06. The van der Waals surface area contributed by atoms with Crippen molar-refractivity contribution in [2.24, 2.45) is 18.9 Å². The summed E-state index contributed by atoms with van der Waals surface area (Å²) in [5.74, 6) is 2.24. The van der Waals surface area contributed by atoms with E-state index in [1.807, 2.05) is 17.8 Å². The second-order valence-electron chi connectivity index (χ2n) is 8.02. The minimum atomic E-state index is -0.802. The Morgan fingerprint density at radius 2 is 2.00 bits per heavy atom. The monoisotopic (exact) mass is 355 g/mol. The summed E-state index contributed by atoms with van der Waals surface area (Å²) in [6.07, 6.45) is 7.05. The van der Waals surface area contributed by atoms with Crippen LogP contribution in [-0.4, -0.2) is 39.8 Å². The summed E-state index contributed by atoms with van der Waals surface area (Å²) in [6.45, 7) is 4.79. The maximum absolute atomic E-state index is 11.7. The van der Waals surface area contributed by atoms with Crippen LogP contribution in [0.4, 0.5) is 0 Å². The Bertz CT molecular complexity index is 771. The van der Waals surface area contributed by atoms with Crippen LogP contribution in [0.1, 0.15) is 36.2 Å². The number of aromatic nitrogens is 2. The van der Waals surface area contributed by atoms with Crippen LogP contribution in [0.2, 0.25) is 0 Å². The molecule has 1 aromatic heterocycles. The van der Waals surface area contributed by atoms with Crippen LogP contribution in [0.3, 0.4) is 0 Å². The number of aryl methyl sites for hydroxylation is 2. The lowest BCUT2D eigenvalue weighted by Gasteiger charge is -2.52. The van der Waals surface area contributed by atoms with Crippen molar-refractivity contribution < 1.29 is 9.84 Å². The number of nitrogens with zero attached hydrogens (tertiary/aromatic N) is 3. The van der Waals surface area contributed by atoms with Crippen molar-refractivity contribution in [1.29, 1.82) is 0 Å². The van der Waals surface area contributed by atoms with E-state index >= 15 is 0 Å². The predicted octanol–water partition coefficient (Wildman–Crippen LogP) is 2.86. The van der Waals surface area contributed by atoms with E-state index in [0.29, 0.717) is 0 Å². The normalized spacial score (nSPS) is 28.9. The number of aliphatic hydroxyl groups is 1. The Hall–Kier alpha value is -1.85. The van der Waals surface area contributed by atoms with Gasteiger partial charge in [-0.2, -0.15) is 0 Å². The van der Waals surface area contributed by atoms with Gasteiger partial charge in [-0.1, -0.05) is 24.1 Å². The van der Waals surface area contributed by atoms with E-state index in [1.54, 1.807) is 13.3 Å². The third kappa shape index (κ3) is 2.83. The highest BCUT2D eigenvalue weighted by Gasteiger charge is 2.53. The zero-order chi connectivity index (χ0) is 18.3. The maximum atomic E-state index is 11.7. The first-order valence-corrected chi connectivity index (χ1v) is 9.58. The molecular formula is C21H29N3O2. The summed E-state index contributed by atoms with van der Waals surface area (Å²) < 4.78 is 7.55. The molecule has 1 aromatic carbocycles. The highest BCUT2D eigenvalue weighted by Crippen LogP contribution is 2.48. The first-order valence-electron chi connectivity index (χ1n) is 9.58. The van der Waals surface area contributed by atoms with Gasteiger partial charge in [0, 0.05) is 56.5 Å². The van der Waals surface area contributed by atoms with Crippen LogP contribution in [0, 0.1) is 18.8 Å². The lowest BCUT2D eigenvalue weighted by molar-refractivity contribution is -0.155. The number of ether oxygens (including phenoxy) is 1. The topological polar surface area (TPSA) is 50.5 Å². The molecule has 2 aromatic rings. The van der Waals surface area contributed by atoms with Crippen LogP contribution < -0.4 is 4.74 Å². The molecule has 2 aliphatic rings. The highest BCUT2D eigenvalue weighted by atomic mass is 16.5. The van der Waals surface area contributed by atoms with E-state index in [2.05, 4.69) is 35.0 Å². The molecule has 1 aliphatic heterocycles. The Morgan fingerprint density at radius 1 is 1.27 bits per heavy atom. The van der Waals surface area contributed by atoms with E-state index in [0.717, 1.165) is 44.0 Å². The second-order valence-corrected chi connectivity index (χ2v) is 8.02. The third-order valence-corrected chi connectivity index (χ3v) is 6.32. The Labute approximate surface area is 155 Å². The molecule has 0 spiro atoms. The minimum Gasteiger partial charge on any atom is -0.496 e. The Morgan fingerprint density at radius 3 is 2.62 bits per heavy atom. The lowest BCUT2D eigenvalue weighted by atomic mass is 9.65. The molecule has 1 saturated heterocycles. The van der Waals surface area contributed by atoms with E-state index in [-0.39, 0.29) is 11.8 Å². The Kier molecular flexibility index (Phi) is 4.53. The molecular weight excluding hydrogens is 326 g/mol. The second kappa shape index (κ2) is 6.71. The number of fused-ring (bicyclic) bond motifs is 2. The SMILES string of the molecule is COc1ccc(C)cc1CN1C[C@@H]2CCC[C@@H](C1)C2(O)c1nccn1C. The van der Waals surface area contributed by atoms with Crippen LogP contribution in [0.25, 0.3) is 0 Å². The molecule has 26 heavy (non-hydrogen) atoms. The van der Waals surface area contributed by atoms with Gasteiger partial charge in [0.1, 0.15) is 17.2 Å². The van der Waals surface area contributed by atoms with Gasteiger partial charge in [-0.15, -0.1) is 0 Å². The zero-order valence-corrected chi connectivity index (χ0v) is 16.0. The average molecular weight is 355 g/mol. The third-order valence-electron chi connectivity index (χ3n) is 6.32. The van der Waals surface area contributed by atoms with Gasteiger partial charge in [0.2, 0.25) is 0 Å². The smallest absolute Gasteiger partial charge is 0.141 e. The summed E-state index contributed by atoms with van der Waals surface area (Å²) in [7, 11) is 3.72. The summed E-state index contributed by atoms with van der Waals surface area (Å²) >= 11 is 0. The average Bonchev–Trinajstić information content (AvgIpc) is 3.03. The summed E-state index contributed by atoms with van der Waals surface area (Å²) in [4.78, 5) is 7.01. The molecule has 0 unspecified atom stereocenters.